The third-order valence-electron chi connectivity index (χ3n) is 4.56. The molecule has 3 rings (SSSR count). The Balaban J connectivity index is 1.70. The smallest absolute Gasteiger partial charge is 0.254 e. The van der Waals surface area contributed by atoms with Gasteiger partial charge in [0, 0.05) is 31.7 Å². The Morgan fingerprint density at radius 2 is 1.65 bits per heavy atom. The van der Waals surface area contributed by atoms with E-state index in [1.165, 1.54) is 4.31 Å². The highest BCUT2D eigenvalue weighted by Crippen LogP contribution is 2.22. The minimum absolute atomic E-state index is 0.111. The molecule has 0 radical (unpaired) electrons. The van der Waals surface area contributed by atoms with Crippen LogP contribution in [-0.4, -0.2) is 56.8 Å². The normalized spacial score (nSPS) is 15.7. The number of methoxy groups -OCH3 is 1. The SMILES string of the molecule is COc1cc(C(=O)N2CCN(S(=O)(=O)c3ccccc3)CC2)ccc1C. The van der Waals surface area contributed by atoms with Crippen LogP contribution >= 0.6 is 0 Å². The molecule has 0 N–H and O–H groups in total. The molecule has 1 aliphatic rings. The number of piperazine rings is 1. The fourth-order valence-electron chi connectivity index (χ4n) is 3.01. The minimum atomic E-state index is -3.52. The van der Waals surface area contributed by atoms with Crippen LogP contribution in [0.1, 0.15) is 15.9 Å². The summed E-state index contributed by atoms with van der Waals surface area (Å²) in [6.07, 6.45) is 0. The number of amides is 1. The molecule has 1 saturated heterocycles. The molecule has 0 unspecified atom stereocenters. The van der Waals surface area contributed by atoms with Gasteiger partial charge in [0.1, 0.15) is 5.75 Å². The van der Waals surface area contributed by atoms with Crippen LogP contribution in [0.4, 0.5) is 0 Å². The Bertz CT molecular complexity index is 889. The van der Waals surface area contributed by atoms with Crippen LogP contribution in [0.5, 0.6) is 5.75 Å². The Hall–Kier alpha value is -2.38. The molecule has 7 heteroatoms. The number of carbonyl (C=O) groups is 1. The molecule has 0 atom stereocenters. The number of rotatable bonds is 4. The summed E-state index contributed by atoms with van der Waals surface area (Å²) in [7, 11) is -1.94. The Morgan fingerprint density at radius 3 is 2.27 bits per heavy atom. The molecule has 1 fully saturated rings. The monoisotopic (exact) mass is 374 g/mol. The molecule has 2 aromatic carbocycles. The van der Waals surface area contributed by atoms with Crippen molar-refractivity contribution in [2.75, 3.05) is 33.3 Å². The molecule has 1 amide bonds. The second-order valence-electron chi connectivity index (χ2n) is 6.19. The third-order valence-corrected chi connectivity index (χ3v) is 6.47. The molecule has 0 aliphatic carbocycles. The Kier molecular flexibility index (Phi) is 5.29. The van der Waals surface area contributed by atoms with Crippen molar-refractivity contribution in [2.24, 2.45) is 0 Å². The molecule has 0 spiro atoms. The summed E-state index contributed by atoms with van der Waals surface area (Å²) in [6.45, 7) is 3.21. The molecule has 26 heavy (non-hydrogen) atoms. The Labute approximate surface area is 154 Å². The van der Waals surface area contributed by atoms with Gasteiger partial charge in [0.25, 0.3) is 5.91 Å². The van der Waals surface area contributed by atoms with Gasteiger partial charge >= 0.3 is 0 Å². The number of hydrogen-bond donors (Lipinski definition) is 0. The first-order chi connectivity index (χ1) is 12.4. The zero-order valence-corrected chi connectivity index (χ0v) is 15.7. The lowest BCUT2D eigenvalue weighted by Gasteiger charge is -2.34. The van der Waals surface area contributed by atoms with Crippen LogP contribution in [0.2, 0.25) is 0 Å². The van der Waals surface area contributed by atoms with E-state index in [1.807, 2.05) is 13.0 Å². The highest BCUT2D eigenvalue weighted by molar-refractivity contribution is 7.89. The number of hydrogen-bond acceptors (Lipinski definition) is 4. The Morgan fingerprint density at radius 1 is 1.00 bits per heavy atom. The van der Waals surface area contributed by atoms with Gasteiger partial charge in [-0.15, -0.1) is 0 Å². The van der Waals surface area contributed by atoms with E-state index in [9.17, 15) is 13.2 Å². The van der Waals surface area contributed by atoms with E-state index in [4.69, 9.17) is 4.74 Å². The summed E-state index contributed by atoms with van der Waals surface area (Å²) >= 11 is 0. The molecule has 2 aromatic rings. The lowest BCUT2D eigenvalue weighted by atomic mass is 10.1. The third kappa shape index (κ3) is 3.59. The zero-order chi connectivity index (χ0) is 18.7. The van der Waals surface area contributed by atoms with Gasteiger partial charge in [-0.2, -0.15) is 4.31 Å². The highest BCUT2D eigenvalue weighted by Gasteiger charge is 2.30. The lowest BCUT2D eigenvalue weighted by Crippen LogP contribution is -2.50. The van der Waals surface area contributed by atoms with Gasteiger partial charge in [0.05, 0.1) is 12.0 Å². The van der Waals surface area contributed by atoms with Crippen LogP contribution < -0.4 is 4.74 Å². The van der Waals surface area contributed by atoms with E-state index in [-0.39, 0.29) is 23.9 Å². The van der Waals surface area contributed by atoms with Gasteiger partial charge in [0.15, 0.2) is 0 Å². The van der Waals surface area contributed by atoms with Gasteiger partial charge in [-0.3, -0.25) is 4.79 Å². The second kappa shape index (κ2) is 7.47. The summed E-state index contributed by atoms with van der Waals surface area (Å²) in [4.78, 5) is 14.7. The number of aryl methyl sites for hydroxylation is 1. The molecule has 0 aromatic heterocycles. The number of ether oxygens (including phenoxy) is 1. The van der Waals surface area contributed by atoms with E-state index in [1.54, 1.807) is 54.5 Å². The summed E-state index contributed by atoms with van der Waals surface area (Å²) in [5.74, 6) is 0.557. The van der Waals surface area contributed by atoms with E-state index >= 15 is 0 Å². The standard InChI is InChI=1S/C19H22N2O4S/c1-15-8-9-16(14-18(15)25-2)19(22)20-10-12-21(13-11-20)26(23,24)17-6-4-3-5-7-17/h3-9,14H,10-13H2,1-2H3. The van der Waals surface area contributed by atoms with Crippen LogP contribution in [-0.2, 0) is 10.0 Å². The zero-order valence-electron chi connectivity index (χ0n) is 14.9. The molecular formula is C19H22N2O4S. The first-order valence-electron chi connectivity index (χ1n) is 8.42. The first kappa shape index (κ1) is 18.4. The van der Waals surface area contributed by atoms with Crippen molar-refractivity contribution in [2.45, 2.75) is 11.8 Å². The molecular weight excluding hydrogens is 352 g/mol. The van der Waals surface area contributed by atoms with Crippen LogP contribution in [0.25, 0.3) is 0 Å². The van der Waals surface area contributed by atoms with E-state index in [0.29, 0.717) is 24.4 Å². The van der Waals surface area contributed by atoms with Crippen LogP contribution in [0.15, 0.2) is 53.4 Å². The fraction of sp³-hybridized carbons (Fsp3) is 0.316. The maximum absolute atomic E-state index is 12.7. The van der Waals surface area contributed by atoms with E-state index in [0.717, 1.165) is 5.56 Å². The average molecular weight is 374 g/mol. The average Bonchev–Trinajstić information content (AvgIpc) is 2.68. The highest BCUT2D eigenvalue weighted by atomic mass is 32.2. The number of nitrogens with zero attached hydrogens (tertiary/aromatic N) is 2. The van der Waals surface area contributed by atoms with Crippen molar-refractivity contribution < 1.29 is 17.9 Å². The van der Waals surface area contributed by atoms with E-state index < -0.39 is 10.0 Å². The first-order valence-corrected chi connectivity index (χ1v) is 9.86. The molecule has 138 valence electrons. The predicted molar refractivity (Wildman–Crippen MR) is 98.8 cm³/mol. The summed E-state index contributed by atoms with van der Waals surface area (Å²) in [5, 5.41) is 0. The van der Waals surface area contributed by atoms with Gasteiger partial charge in [-0.25, -0.2) is 8.42 Å². The van der Waals surface area contributed by atoms with Crippen molar-refractivity contribution >= 4 is 15.9 Å². The molecule has 0 saturated carbocycles. The number of sulfonamides is 1. The maximum atomic E-state index is 12.7. The van der Waals surface area contributed by atoms with Crippen molar-refractivity contribution in [1.29, 1.82) is 0 Å². The molecule has 6 nitrogen and oxygen atoms in total. The van der Waals surface area contributed by atoms with Gasteiger partial charge in [-0.05, 0) is 36.8 Å². The molecule has 1 aliphatic heterocycles. The predicted octanol–water partition coefficient (Wildman–Crippen LogP) is 2.15. The quantitative estimate of drug-likeness (QED) is 0.822. The van der Waals surface area contributed by atoms with E-state index in [2.05, 4.69) is 0 Å². The van der Waals surface area contributed by atoms with Crippen LogP contribution in [0, 0.1) is 6.92 Å². The maximum Gasteiger partial charge on any atom is 0.254 e. The van der Waals surface area contributed by atoms with Crippen molar-refractivity contribution in [1.82, 2.24) is 9.21 Å². The van der Waals surface area contributed by atoms with Crippen LogP contribution in [0.3, 0.4) is 0 Å². The van der Waals surface area contributed by atoms with Crippen molar-refractivity contribution in [3.05, 3.63) is 59.7 Å². The van der Waals surface area contributed by atoms with Crippen molar-refractivity contribution in [3.8, 4) is 5.75 Å². The topological polar surface area (TPSA) is 66.9 Å². The van der Waals surface area contributed by atoms with Gasteiger partial charge in [-0.1, -0.05) is 24.3 Å². The lowest BCUT2D eigenvalue weighted by molar-refractivity contribution is 0.0697. The molecule has 1 heterocycles. The second-order valence-corrected chi connectivity index (χ2v) is 8.13. The number of benzene rings is 2. The summed E-state index contributed by atoms with van der Waals surface area (Å²) in [6, 6.07) is 13.7. The fourth-order valence-corrected chi connectivity index (χ4v) is 4.45. The minimum Gasteiger partial charge on any atom is -0.496 e. The summed E-state index contributed by atoms with van der Waals surface area (Å²) in [5.41, 5.74) is 1.51. The largest absolute Gasteiger partial charge is 0.496 e. The molecule has 0 bridgehead atoms. The van der Waals surface area contributed by atoms with Crippen molar-refractivity contribution in [3.63, 3.8) is 0 Å². The summed E-state index contributed by atoms with van der Waals surface area (Å²) < 4.78 is 32.0. The number of carbonyl (C=O) groups excluding carboxylic acids is 1. The van der Waals surface area contributed by atoms with Gasteiger partial charge < -0.3 is 9.64 Å². The van der Waals surface area contributed by atoms with Gasteiger partial charge in [0.2, 0.25) is 10.0 Å².